The molecule has 0 spiro atoms. The van der Waals surface area contributed by atoms with Gasteiger partial charge in [-0.05, 0) is 36.8 Å². The summed E-state index contributed by atoms with van der Waals surface area (Å²) < 4.78 is 0. The van der Waals surface area contributed by atoms with Gasteiger partial charge in [-0.25, -0.2) is 0 Å². The highest BCUT2D eigenvalue weighted by Gasteiger charge is 2.18. The van der Waals surface area contributed by atoms with Gasteiger partial charge in [0.1, 0.15) is 0 Å². The van der Waals surface area contributed by atoms with E-state index in [0.717, 1.165) is 24.3 Å². The lowest BCUT2D eigenvalue weighted by atomic mass is 9.85. The van der Waals surface area contributed by atoms with Gasteiger partial charge in [-0.1, -0.05) is 58.0 Å². The molecule has 0 radical (unpaired) electrons. The van der Waals surface area contributed by atoms with Crippen LogP contribution in [0.25, 0.3) is 0 Å². The number of hydrogen-bond donors (Lipinski definition) is 1. The van der Waals surface area contributed by atoms with Gasteiger partial charge in [0.2, 0.25) is 0 Å². The molecule has 1 unspecified atom stereocenters. The molecule has 0 saturated carbocycles. The summed E-state index contributed by atoms with van der Waals surface area (Å²) >= 11 is 0. The molecule has 0 aliphatic heterocycles. The van der Waals surface area contributed by atoms with E-state index >= 15 is 0 Å². The second kappa shape index (κ2) is 6.80. The van der Waals surface area contributed by atoms with Crippen LogP contribution in [0.2, 0.25) is 0 Å². The zero-order valence-corrected chi connectivity index (χ0v) is 11.9. The van der Waals surface area contributed by atoms with Crippen LogP contribution in [0.3, 0.4) is 0 Å². The third-order valence-electron chi connectivity index (χ3n) is 3.67. The minimum Gasteiger partial charge on any atom is -0.310 e. The molecule has 0 aliphatic rings. The Morgan fingerprint density at radius 3 is 1.88 bits per heavy atom. The van der Waals surface area contributed by atoms with E-state index in [-0.39, 0.29) is 0 Å². The van der Waals surface area contributed by atoms with Gasteiger partial charge in [-0.15, -0.1) is 0 Å². The molecule has 0 amide bonds. The molecule has 1 aromatic carbocycles. The summed E-state index contributed by atoms with van der Waals surface area (Å²) in [5, 5.41) is 3.66. The normalized spacial score (nSPS) is 13.6. The van der Waals surface area contributed by atoms with Crippen LogP contribution in [0.4, 0.5) is 0 Å². The summed E-state index contributed by atoms with van der Waals surface area (Å²) in [4.78, 5) is 0. The lowest BCUT2D eigenvalue weighted by Gasteiger charge is -2.27. The SMILES string of the molecule is CC(NCC(C(C)C)C(C)C)c1ccccc1. The molecule has 0 fully saturated rings. The predicted molar refractivity (Wildman–Crippen MR) is 76.0 cm³/mol. The molecule has 0 heterocycles. The number of nitrogens with one attached hydrogen (secondary N) is 1. The van der Waals surface area contributed by atoms with Crippen molar-refractivity contribution in [2.45, 2.75) is 40.7 Å². The summed E-state index contributed by atoms with van der Waals surface area (Å²) in [5.41, 5.74) is 1.37. The molecule has 1 rings (SSSR count). The first-order valence-corrected chi connectivity index (χ1v) is 6.80. The van der Waals surface area contributed by atoms with Gasteiger partial charge in [0.15, 0.2) is 0 Å². The van der Waals surface area contributed by atoms with Gasteiger partial charge in [-0.2, -0.15) is 0 Å². The fraction of sp³-hybridized carbons (Fsp3) is 0.625. The van der Waals surface area contributed by atoms with Crippen molar-refractivity contribution in [3.05, 3.63) is 35.9 Å². The molecule has 0 aliphatic carbocycles. The molecular weight excluding hydrogens is 206 g/mol. The van der Waals surface area contributed by atoms with Crippen LogP contribution in [0, 0.1) is 17.8 Å². The zero-order chi connectivity index (χ0) is 12.8. The molecule has 1 atom stereocenters. The van der Waals surface area contributed by atoms with Crippen molar-refractivity contribution >= 4 is 0 Å². The van der Waals surface area contributed by atoms with E-state index in [9.17, 15) is 0 Å². The Labute approximate surface area is 107 Å². The molecule has 0 bridgehead atoms. The van der Waals surface area contributed by atoms with Crippen LogP contribution in [0.15, 0.2) is 30.3 Å². The summed E-state index contributed by atoms with van der Waals surface area (Å²) in [6.45, 7) is 12.6. The standard InChI is InChI=1S/C16H27N/c1-12(2)16(13(3)4)11-17-14(5)15-9-7-6-8-10-15/h6-10,12-14,16-17H,11H2,1-5H3. The van der Waals surface area contributed by atoms with E-state index in [1.54, 1.807) is 0 Å². The Bertz CT molecular complexity index is 295. The molecule has 1 nitrogen and oxygen atoms in total. The van der Waals surface area contributed by atoms with E-state index in [0.29, 0.717) is 6.04 Å². The van der Waals surface area contributed by atoms with Crippen molar-refractivity contribution in [2.24, 2.45) is 17.8 Å². The van der Waals surface area contributed by atoms with Gasteiger partial charge in [0.05, 0.1) is 0 Å². The van der Waals surface area contributed by atoms with Gasteiger partial charge in [0.25, 0.3) is 0 Å². The van der Waals surface area contributed by atoms with Crippen molar-refractivity contribution in [1.29, 1.82) is 0 Å². The highest BCUT2D eigenvalue weighted by atomic mass is 14.9. The topological polar surface area (TPSA) is 12.0 Å². The molecule has 0 saturated heterocycles. The average Bonchev–Trinajstić information content (AvgIpc) is 2.29. The summed E-state index contributed by atoms with van der Waals surface area (Å²) in [7, 11) is 0. The fourth-order valence-corrected chi connectivity index (χ4v) is 2.41. The number of hydrogen-bond acceptors (Lipinski definition) is 1. The van der Waals surface area contributed by atoms with E-state index in [1.807, 2.05) is 0 Å². The van der Waals surface area contributed by atoms with Crippen LogP contribution in [-0.4, -0.2) is 6.54 Å². The summed E-state index contributed by atoms with van der Waals surface area (Å²) in [6.07, 6.45) is 0. The highest BCUT2D eigenvalue weighted by Crippen LogP contribution is 2.21. The predicted octanol–water partition coefficient (Wildman–Crippen LogP) is 4.27. The number of rotatable bonds is 6. The molecular formula is C16H27N. The molecule has 1 N–H and O–H groups in total. The van der Waals surface area contributed by atoms with Crippen LogP contribution in [0.5, 0.6) is 0 Å². The van der Waals surface area contributed by atoms with E-state index in [2.05, 4.69) is 70.3 Å². The Hall–Kier alpha value is -0.820. The van der Waals surface area contributed by atoms with Crippen LogP contribution in [-0.2, 0) is 0 Å². The lowest BCUT2D eigenvalue weighted by molar-refractivity contribution is 0.268. The monoisotopic (exact) mass is 233 g/mol. The maximum absolute atomic E-state index is 3.66. The van der Waals surface area contributed by atoms with Gasteiger partial charge in [0, 0.05) is 6.04 Å². The smallest absolute Gasteiger partial charge is 0.0291 e. The van der Waals surface area contributed by atoms with Crippen LogP contribution >= 0.6 is 0 Å². The lowest BCUT2D eigenvalue weighted by Crippen LogP contribution is -2.31. The molecule has 1 heteroatoms. The Kier molecular flexibility index (Phi) is 5.70. The molecule has 0 aromatic heterocycles. The zero-order valence-electron chi connectivity index (χ0n) is 11.9. The Morgan fingerprint density at radius 1 is 0.882 bits per heavy atom. The summed E-state index contributed by atoms with van der Waals surface area (Å²) in [6, 6.07) is 11.1. The van der Waals surface area contributed by atoms with E-state index in [4.69, 9.17) is 0 Å². The molecule has 17 heavy (non-hydrogen) atoms. The van der Waals surface area contributed by atoms with Crippen LogP contribution < -0.4 is 5.32 Å². The summed E-state index contributed by atoms with van der Waals surface area (Å²) in [5.74, 6) is 2.23. The minimum absolute atomic E-state index is 0.441. The first-order chi connectivity index (χ1) is 8.02. The average molecular weight is 233 g/mol. The van der Waals surface area contributed by atoms with Gasteiger partial charge >= 0.3 is 0 Å². The molecule has 96 valence electrons. The molecule has 1 aromatic rings. The minimum atomic E-state index is 0.441. The maximum Gasteiger partial charge on any atom is 0.0291 e. The second-order valence-corrected chi connectivity index (χ2v) is 5.69. The number of benzene rings is 1. The Morgan fingerprint density at radius 2 is 1.41 bits per heavy atom. The van der Waals surface area contributed by atoms with Crippen molar-refractivity contribution in [3.8, 4) is 0 Å². The quantitative estimate of drug-likeness (QED) is 0.774. The second-order valence-electron chi connectivity index (χ2n) is 5.69. The van der Waals surface area contributed by atoms with Gasteiger partial charge in [-0.3, -0.25) is 0 Å². The van der Waals surface area contributed by atoms with Crippen molar-refractivity contribution < 1.29 is 0 Å². The first kappa shape index (κ1) is 14.2. The van der Waals surface area contributed by atoms with E-state index < -0.39 is 0 Å². The first-order valence-electron chi connectivity index (χ1n) is 6.80. The Balaban J connectivity index is 2.50. The third-order valence-corrected chi connectivity index (χ3v) is 3.67. The largest absolute Gasteiger partial charge is 0.310 e. The third kappa shape index (κ3) is 4.51. The van der Waals surface area contributed by atoms with E-state index in [1.165, 1.54) is 5.56 Å². The van der Waals surface area contributed by atoms with Crippen molar-refractivity contribution in [1.82, 2.24) is 5.32 Å². The van der Waals surface area contributed by atoms with Crippen molar-refractivity contribution in [2.75, 3.05) is 6.54 Å². The maximum atomic E-state index is 3.66. The van der Waals surface area contributed by atoms with Gasteiger partial charge < -0.3 is 5.32 Å². The van der Waals surface area contributed by atoms with Crippen molar-refractivity contribution in [3.63, 3.8) is 0 Å². The highest BCUT2D eigenvalue weighted by molar-refractivity contribution is 5.17. The fourth-order valence-electron chi connectivity index (χ4n) is 2.41. The van der Waals surface area contributed by atoms with Crippen LogP contribution in [0.1, 0.15) is 46.2 Å².